The highest BCUT2D eigenvalue weighted by Crippen LogP contribution is 2.36. The molecule has 32 heavy (non-hydrogen) atoms. The maximum absolute atomic E-state index is 13.0. The molecule has 0 radical (unpaired) electrons. The van der Waals surface area contributed by atoms with Crippen LogP contribution in [0.5, 0.6) is 5.75 Å². The number of ether oxygens (including phenoxy) is 1. The smallest absolute Gasteiger partial charge is 0.417 e. The summed E-state index contributed by atoms with van der Waals surface area (Å²) in [7, 11) is 0. The van der Waals surface area contributed by atoms with Crippen LogP contribution in [0.3, 0.4) is 0 Å². The third-order valence-electron chi connectivity index (χ3n) is 4.18. The maximum Gasteiger partial charge on any atom is 0.417 e. The number of carbonyl (C=O) groups is 1. The lowest BCUT2D eigenvalue weighted by molar-refractivity contribution is -0.137. The van der Waals surface area contributed by atoms with Crippen molar-refractivity contribution in [1.82, 2.24) is 15.0 Å². The molecule has 0 unspecified atom stereocenters. The molecular weight excluding hydrogens is 451 g/mol. The minimum absolute atomic E-state index is 0.0935. The predicted octanol–water partition coefficient (Wildman–Crippen LogP) is 4.86. The Morgan fingerprint density at radius 2 is 2.00 bits per heavy atom. The zero-order valence-electron chi connectivity index (χ0n) is 16.8. The first-order valence-electron chi connectivity index (χ1n) is 9.22. The Morgan fingerprint density at radius 3 is 2.66 bits per heavy atom. The van der Waals surface area contributed by atoms with Crippen LogP contribution in [-0.2, 0) is 6.18 Å². The van der Waals surface area contributed by atoms with Crippen molar-refractivity contribution in [3.05, 3.63) is 63.3 Å². The van der Waals surface area contributed by atoms with Gasteiger partial charge in [-0.15, -0.1) is 0 Å². The van der Waals surface area contributed by atoms with E-state index in [9.17, 15) is 22.8 Å². The van der Waals surface area contributed by atoms with Gasteiger partial charge < -0.3 is 20.4 Å². The topological polar surface area (TPSA) is 109 Å². The van der Waals surface area contributed by atoms with Gasteiger partial charge in [-0.1, -0.05) is 11.6 Å². The molecule has 0 aliphatic rings. The van der Waals surface area contributed by atoms with Crippen LogP contribution in [0.25, 0.3) is 11.4 Å². The van der Waals surface area contributed by atoms with Gasteiger partial charge in [0, 0.05) is 18.0 Å². The van der Waals surface area contributed by atoms with Gasteiger partial charge in [-0.2, -0.15) is 13.2 Å². The van der Waals surface area contributed by atoms with Crippen LogP contribution in [-0.4, -0.2) is 27.6 Å². The number of nitrogens with zero attached hydrogens (tertiary/aromatic N) is 2. The Labute approximate surface area is 184 Å². The number of hydrogen-bond donors (Lipinski definition) is 3. The molecule has 12 heteroatoms. The number of halogens is 4. The number of anilines is 2. The minimum atomic E-state index is -4.66. The van der Waals surface area contributed by atoms with Crippen LogP contribution in [0.2, 0.25) is 5.02 Å². The first kappa shape index (κ1) is 23.1. The molecule has 2 heterocycles. The van der Waals surface area contributed by atoms with Gasteiger partial charge >= 0.3 is 12.2 Å². The SMILES string of the molecule is CCOc1cc(=O)[nH]cc1-c1ncc(NC(=O)Nc2ccc(Cl)c(C(F)(F)F)c2)c(C)n1. The van der Waals surface area contributed by atoms with Crippen molar-refractivity contribution in [2.45, 2.75) is 20.0 Å². The fourth-order valence-electron chi connectivity index (χ4n) is 2.73. The molecule has 0 atom stereocenters. The zero-order valence-corrected chi connectivity index (χ0v) is 17.6. The van der Waals surface area contributed by atoms with Crippen LogP contribution >= 0.6 is 11.6 Å². The first-order chi connectivity index (χ1) is 15.1. The molecule has 0 fully saturated rings. The summed E-state index contributed by atoms with van der Waals surface area (Å²) in [5, 5.41) is 4.32. The van der Waals surface area contributed by atoms with E-state index in [4.69, 9.17) is 16.3 Å². The van der Waals surface area contributed by atoms with Crippen molar-refractivity contribution in [2.75, 3.05) is 17.2 Å². The quantitative estimate of drug-likeness (QED) is 0.496. The second-order valence-corrected chi connectivity index (χ2v) is 6.88. The summed E-state index contributed by atoms with van der Waals surface area (Å²) in [6.45, 7) is 3.70. The number of rotatable bonds is 5. The summed E-state index contributed by atoms with van der Waals surface area (Å²) >= 11 is 5.58. The monoisotopic (exact) mass is 467 g/mol. The van der Waals surface area contributed by atoms with Gasteiger partial charge in [0.2, 0.25) is 0 Å². The normalized spacial score (nSPS) is 11.2. The molecule has 2 amide bonds. The number of carbonyl (C=O) groups excluding carboxylic acids is 1. The molecule has 0 spiro atoms. The summed E-state index contributed by atoms with van der Waals surface area (Å²) in [6.07, 6.45) is -1.91. The van der Waals surface area contributed by atoms with Crippen molar-refractivity contribution in [3.8, 4) is 17.1 Å². The van der Waals surface area contributed by atoms with Gasteiger partial charge in [0.15, 0.2) is 5.82 Å². The molecule has 8 nitrogen and oxygen atoms in total. The summed E-state index contributed by atoms with van der Waals surface area (Å²) in [6, 6.07) is 3.51. The number of aromatic nitrogens is 3. The molecule has 3 aromatic rings. The van der Waals surface area contributed by atoms with Crippen molar-refractivity contribution in [1.29, 1.82) is 0 Å². The third-order valence-corrected chi connectivity index (χ3v) is 4.51. The molecular formula is C20H17ClF3N5O3. The fourth-order valence-corrected chi connectivity index (χ4v) is 2.95. The molecule has 1 aromatic carbocycles. The van der Waals surface area contributed by atoms with E-state index in [-0.39, 0.29) is 22.8 Å². The summed E-state index contributed by atoms with van der Waals surface area (Å²) in [4.78, 5) is 34.8. The first-order valence-corrected chi connectivity index (χ1v) is 9.60. The van der Waals surface area contributed by atoms with Gasteiger partial charge in [-0.25, -0.2) is 14.8 Å². The van der Waals surface area contributed by atoms with Gasteiger partial charge in [0.05, 0.1) is 40.3 Å². The molecule has 0 bridgehead atoms. The standard InChI is InChI=1S/C20H17ClF3N5O3/c1-3-32-16-7-17(30)25-8-12(16)18-26-9-15(10(2)27-18)29-19(31)28-11-4-5-14(21)13(6-11)20(22,23)24/h4-9H,3H2,1-2H3,(H,25,30)(H2,28,29,31). The van der Waals surface area contributed by atoms with Crippen molar-refractivity contribution in [2.24, 2.45) is 0 Å². The maximum atomic E-state index is 13.0. The lowest BCUT2D eigenvalue weighted by Crippen LogP contribution is -2.21. The van der Waals surface area contributed by atoms with Crippen molar-refractivity contribution in [3.63, 3.8) is 0 Å². The molecule has 0 saturated carbocycles. The van der Waals surface area contributed by atoms with Gasteiger partial charge in [-0.05, 0) is 32.0 Å². The van der Waals surface area contributed by atoms with E-state index >= 15 is 0 Å². The van der Waals surface area contributed by atoms with Crippen LogP contribution in [0, 0.1) is 6.92 Å². The predicted molar refractivity (Wildman–Crippen MR) is 113 cm³/mol. The largest absolute Gasteiger partial charge is 0.493 e. The number of aryl methyl sites for hydroxylation is 1. The lowest BCUT2D eigenvalue weighted by atomic mass is 10.2. The number of pyridine rings is 1. The molecule has 0 aliphatic carbocycles. The van der Waals surface area contributed by atoms with E-state index in [1.165, 1.54) is 24.5 Å². The Morgan fingerprint density at radius 1 is 1.25 bits per heavy atom. The summed E-state index contributed by atoms with van der Waals surface area (Å²) in [5.74, 6) is 0.554. The van der Waals surface area contributed by atoms with E-state index in [2.05, 4.69) is 25.6 Å². The number of amides is 2. The molecule has 3 N–H and O–H groups in total. The highest BCUT2D eigenvalue weighted by molar-refractivity contribution is 6.31. The van der Waals surface area contributed by atoms with Gasteiger partial charge in [0.1, 0.15) is 5.75 Å². The van der Waals surface area contributed by atoms with E-state index in [0.29, 0.717) is 23.6 Å². The Kier molecular flexibility index (Phi) is 6.68. The average molecular weight is 468 g/mol. The van der Waals surface area contributed by atoms with Crippen LogP contribution in [0.15, 0.2) is 41.5 Å². The van der Waals surface area contributed by atoms with E-state index in [1.54, 1.807) is 13.8 Å². The Bertz CT molecular complexity index is 1210. The van der Waals surface area contributed by atoms with E-state index in [1.807, 2.05) is 0 Å². The molecule has 2 aromatic heterocycles. The number of alkyl halides is 3. The average Bonchev–Trinajstić information content (AvgIpc) is 2.70. The fraction of sp³-hybridized carbons (Fsp3) is 0.200. The van der Waals surface area contributed by atoms with Gasteiger partial charge in [-0.3, -0.25) is 4.79 Å². The second kappa shape index (κ2) is 9.27. The summed E-state index contributed by atoms with van der Waals surface area (Å²) < 4.78 is 44.4. The van der Waals surface area contributed by atoms with E-state index < -0.39 is 22.8 Å². The number of nitrogens with one attached hydrogen (secondary N) is 3. The zero-order chi connectivity index (χ0) is 23.5. The van der Waals surface area contributed by atoms with Crippen LogP contribution in [0.1, 0.15) is 18.2 Å². The molecule has 0 aliphatic heterocycles. The number of hydrogen-bond acceptors (Lipinski definition) is 5. The number of urea groups is 1. The lowest BCUT2D eigenvalue weighted by Gasteiger charge is -2.13. The molecule has 168 valence electrons. The van der Waals surface area contributed by atoms with Crippen LogP contribution in [0.4, 0.5) is 29.3 Å². The molecule has 0 saturated heterocycles. The highest BCUT2D eigenvalue weighted by atomic mass is 35.5. The summed E-state index contributed by atoms with van der Waals surface area (Å²) in [5.41, 5.74) is -0.438. The van der Waals surface area contributed by atoms with Gasteiger partial charge in [0.25, 0.3) is 5.56 Å². The Hall–Kier alpha value is -3.60. The number of benzene rings is 1. The minimum Gasteiger partial charge on any atom is -0.493 e. The Balaban J connectivity index is 1.78. The highest BCUT2D eigenvalue weighted by Gasteiger charge is 2.33. The van der Waals surface area contributed by atoms with E-state index in [0.717, 1.165) is 12.1 Å². The van der Waals surface area contributed by atoms with Crippen molar-refractivity contribution < 1.29 is 22.7 Å². The second-order valence-electron chi connectivity index (χ2n) is 6.47. The van der Waals surface area contributed by atoms with Crippen LogP contribution < -0.4 is 20.9 Å². The number of H-pyrrole nitrogens is 1. The van der Waals surface area contributed by atoms with Crippen molar-refractivity contribution >= 4 is 29.0 Å². The number of aromatic amines is 1. The molecule has 3 rings (SSSR count). The third kappa shape index (κ3) is 5.35.